The lowest BCUT2D eigenvalue weighted by atomic mass is 10.1. The SMILES string of the molecule is CC(C)CCOCC(C)CS(N)(=O)=O. The summed E-state index contributed by atoms with van der Waals surface area (Å²) in [5.74, 6) is 0.579. The molecule has 0 aliphatic heterocycles. The molecule has 0 aliphatic rings. The van der Waals surface area contributed by atoms with E-state index in [2.05, 4.69) is 13.8 Å². The minimum Gasteiger partial charge on any atom is -0.381 e. The van der Waals surface area contributed by atoms with Crippen LogP contribution in [0.1, 0.15) is 27.2 Å². The molecule has 0 saturated heterocycles. The lowest BCUT2D eigenvalue weighted by Crippen LogP contribution is -2.24. The molecule has 0 saturated carbocycles. The van der Waals surface area contributed by atoms with Crippen LogP contribution in [-0.2, 0) is 14.8 Å². The van der Waals surface area contributed by atoms with Crippen LogP contribution in [0, 0.1) is 11.8 Å². The molecule has 86 valence electrons. The van der Waals surface area contributed by atoms with E-state index >= 15 is 0 Å². The van der Waals surface area contributed by atoms with Crippen molar-refractivity contribution in [3.8, 4) is 0 Å². The first-order valence-corrected chi connectivity index (χ1v) is 6.61. The Morgan fingerprint density at radius 3 is 2.29 bits per heavy atom. The van der Waals surface area contributed by atoms with Crippen LogP contribution >= 0.6 is 0 Å². The molecular formula is C9H21NO3S. The second-order valence-corrected chi connectivity index (χ2v) is 5.85. The maximum Gasteiger partial charge on any atom is 0.209 e. The number of hydrogen-bond donors (Lipinski definition) is 1. The number of primary sulfonamides is 1. The quantitative estimate of drug-likeness (QED) is 0.654. The molecule has 0 bridgehead atoms. The molecule has 1 atom stereocenters. The van der Waals surface area contributed by atoms with Crippen molar-refractivity contribution >= 4 is 10.0 Å². The Morgan fingerprint density at radius 1 is 1.29 bits per heavy atom. The Hall–Kier alpha value is -0.130. The van der Waals surface area contributed by atoms with Crippen molar-refractivity contribution in [1.29, 1.82) is 0 Å². The van der Waals surface area contributed by atoms with Crippen LogP contribution in [0.15, 0.2) is 0 Å². The van der Waals surface area contributed by atoms with Crippen LogP contribution < -0.4 is 5.14 Å². The van der Waals surface area contributed by atoms with Gasteiger partial charge in [-0.3, -0.25) is 0 Å². The molecule has 14 heavy (non-hydrogen) atoms. The Morgan fingerprint density at radius 2 is 1.86 bits per heavy atom. The van der Waals surface area contributed by atoms with E-state index in [-0.39, 0.29) is 11.7 Å². The minimum absolute atomic E-state index is 0.00528. The van der Waals surface area contributed by atoms with Gasteiger partial charge in [0.25, 0.3) is 0 Å². The van der Waals surface area contributed by atoms with Crippen LogP contribution in [0.4, 0.5) is 0 Å². The summed E-state index contributed by atoms with van der Waals surface area (Å²) in [5, 5.41) is 4.91. The second-order valence-electron chi connectivity index (χ2n) is 4.19. The summed E-state index contributed by atoms with van der Waals surface area (Å²) in [6.45, 7) is 7.21. The lowest BCUT2D eigenvalue weighted by molar-refractivity contribution is 0.101. The van der Waals surface area contributed by atoms with E-state index in [1.165, 1.54) is 0 Å². The highest BCUT2D eigenvalue weighted by Gasteiger charge is 2.10. The zero-order valence-electron chi connectivity index (χ0n) is 9.19. The molecular weight excluding hydrogens is 202 g/mol. The van der Waals surface area contributed by atoms with Gasteiger partial charge in [-0.05, 0) is 18.3 Å². The molecule has 0 radical (unpaired) electrons. The molecule has 0 fully saturated rings. The first kappa shape index (κ1) is 13.9. The maximum absolute atomic E-state index is 10.7. The molecule has 2 N–H and O–H groups in total. The molecule has 0 heterocycles. The zero-order valence-corrected chi connectivity index (χ0v) is 10.0. The standard InChI is InChI=1S/C9H21NO3S/c1-8(2)4-5-13-6-9(3)7-14(10,11)12/h8-9H,4-7H2,1-3H3,(H2,10,11,12). The fourth-order valence-electron chi connectivity index (χ4n) is 1.05. The summed E-state index contributed by atoms with van der Waals surface area (Å²) in [6, 6.07) is 0. The average Bonchev–Trinajstić information content (AvgIpc) is 1.94. The van der Waals surface area contributed by atoms with Gasteiger partial charge in [0, 0.05) is 6.61 Å². The van der Waals surface area contributed by atoms with Crippen LogP contribution in [0.3, 0.4) is 0 Å². The molecule has 4 nitrogen and oxygen atoms in total. The monoisotopic (exact) mass is 223 g/mol. The molecule has 0 spiro atoms. The van der Waals surface area contributed by atoms with Gasteiger partial charge < -0.3 is 4.74 Å². The number of sulfonamides is 1. The molecule has 5 heteroatoms. The van der Waals surface area contributed by atoms with Gasteiger partial charge in [0.15, 0.2) is 0 Å². The van der Waals surface area contributed by atoms with Gasteiger partial charge in [0.1, 0.15) is 0 Å². The zero-order chi connectivity index (χ0) is 11.2. The van der Waals surface area contributed by atoms with Gasteiger partial charge in [-0.2, -0.15) is 0 Å². The molecule has 0 amide bonds. The summed E-state index contributed by atoms with van der Waals surface area (Å²) >= 11 is 0. The number of ether oxygens (including phenoxy) is 1. The average molecular weight is 223 g/mol. The summed E-state index contributed by atoms with van der Waals surface area (Å²) in [4.78, 5) is 0. The third kappa shape index (κ3) is 9.95. The summed E-state index contributed by atoms with van der Waals surface area (Å²) < 4.78 is 26.7. The third-order valence-electron chi connectivity index (χ3n) is 1.76. The largest absolute Gasteiger partial charge is 0.381 e. The second kappa shape index (κ2) is 6.37. The fraction of sp³-hybridized carbons (Fsp3) is 1.00. The van der Waals surface area contributed by atoms with E-state index in [0.717, 1.165) is 6.42 Å². The Labute approximate surface area is 86.9 Å². The molecule has 1 unspecified atom stereocenters. The topological polar surface area (TPSA) is 69.4 Å². The van der Waals surface area contributed by atoms with Gasteiger partial charge >= 0.3 is 0 Å². The first-order valence-electron chi connectivity index (χ1n) is 4.89. The van der Waals surface area contributed by atoms with E-state index in [9.17, 15) is 8.42 Å². The minimum atomic E-state index is -3.36. The highest BCUT2D eigenvalue weighted by molar-refractivity contribution is 7.89. The van der Waals surface area contributed by atoms with E-state index < -0.39 is 10.0 Å². The number of rotatable bonds is 7. The predicted molar refractivity (Wildman–Crippen MR) is 57.4 cm³/mol. The van der Waals surface area contributed by atoms with Crippen LogP contribution in [0.25, 0.3) is 0 Å². The van der Waals surface area contributed by atoms with Crippen LogP contribution in [-0.4, -0.2) is 27.4 Å². The van der Waals surface area contributed by atoms with Crippen molar-refractivity contribution in [3.05, 3.63) is 0 Å². The summed E-state index contributed by atoms with van der Waals surface area (Å²) in [6.07, 6.45) is 1.00. The highest BCUT2D eigenvalue weighted by atomic mass is 32.2. The molecule has 0 aliphatic carbocycles. The number of nitrogens with two attached hydrogens (primary N) is 1. The van der Waals surface area contributed by atoms with E-state index in [1.807, 2.05) is 6.92 Å². The Bertz CT molecular complexity index is 236. The maximum atomic E-state index is 10.7. The predicted octanol–water partition coefficient (Wildman–Crippen LogP) is 0.974. The van der Waals surface area contributed by atoms with Crippen molar-refractivity contribution in [2.75, 3.05) is 19.0 Å². The van der Waals surface area contributed by atoms with E-state index in [0.29, 0.717) is 19.1 Å². The summed E-state index contributed by atoms with van der Waals surface area (Å²) in [5.41, 5.74) is 0. The van der Waals surface area contributed by atoms with Crippen molar-refractivity contribution in [3.63, 3.8) is 0 Å². The van der Waals surface area contributed by atoms with Crippen LogP contribution in [0.5, 0.6) is 0 Å². The fourth-order valence-corrected chi connectivity index (χ4v) is 1.94. The van der Waals surface area contributed by atoms with Gasteiger partial charge in [-0.1, -0.05) is 20.8 Å². The molecule has 0 aromatic heterocycles. The number of hydrogen-bond acceptors (Lipinski definition) is 3. The first-order chi connectivity index (χ1) is 6.31. The van der Waals surface area contributed by atoms with Crippen molar-refractivity contribution in [1.82, 2.24) is 0 Å². The molecule has 0 aromatic rings. The van der Waals surface area contributed by atoms with Gasteiger partial charge in [0.05, 0.1) is 12.4 Å². The summed E-state index contributed by atoms with van der Waals surface area (Å²) in [7, 11) is -3.36. The Kier molecular flexibility index (Phi) is 6.31. The van der Waals surface area contributed by atoms with Gasteiger partial charge in [0.2, 0.25) is 10.0 Å². The van der Waals surface area contributed by atoms with Crippen molar-refractivity contribution < 1.29 is 13.2 Å². The normalized spacial score (nSPS) is 14.6. The smallest absolute Gasteiger partial charge is 0.209 e. The Balaban J connectivity index is 3.50. The van der Waals surface area contributed by atoms with Crippen molar-refractivity contribution in [2.45, 2.75) is 27.2 Å². The lowest BCUT2D eigenvalue weighted by Gasteiger charge is -2.11. The van der Waals surface area contributed by atoms with Gasteiger partial charge in [-0.15, -0.1) is 0 Å². The third-order valence-corrected chi connectivity index (χ3v) is 2.79. The molecule has 0 aromatic carbocycles. The highest BCUT2D eigenvalue weighted by Crippen LogP contribution is 2.02. The molecule has 0 rings (SSSR count). The van der Waals surface area contributed by atoms with Crippen molar-refractivity contribution in [2.24, 2.45) is 17.0 Å². The van der Waals surface area contributed by atoms with Gasteiger partial charge in [-0.25, -0.2) is 13.6 Å². The van der Waals surface area contributed by atoms with E-state index in [4.69, 9.17) is 9.88 Å². The van der Waals surface area contributed by atoms with E-state index in [1.54, 1.807) is 0 Å². The van der Waals surface area contributed by atoms with Crippen LogP contribution in [0.2, 0.25) is 0 Å².